The van der Waals surface area contributed by atoms with Crippen LogP contribution in [0.3, 0.4) is 0 Å². The molecule has 3 aromatic rings. The molecule has 0 spiro atoms. The number of carbonyl (C=O) groups excluding carboxylic acids is 2. The molecular formula is C30H29F3N6O3. The Hall–Kier alpha value is -4.71. The maximum Gasteiger partial charge on any atom is 0.249 e. The fourth-order valence-electron chi connectivity index (χ4n) is 5.47. The molecule has 0 aliphatic carbocycles. The van der Waals surface area contributed by atoms with Gasteiger partial charge in [-0.15, -0.1) is 0 Å². The summed E-state index contributed by atoms with van der Waals surface area (Å²) in [6.45, 7) is 8.27. The number of amides is 2. The highest BCUT2D eigenvalue weighted by Gasteiger charge is 2.44. The Kier molecular flexibility index (Phi) is 7.50. The van der Waals surface area contributed by atoms with E-state index in [0.29, 0.717) is 5.56 Å². The molecule has 9 nitrogen and oxygen atoms in total. The molecule has 2 amide bonds. The van der Waals surface area contributed by atoms with Crippen LogP contribution in [0.5, 0.6) is 0 Å². The number of nitrogens with zero attached hydrogens (tertiary/aromatic N) is 3. The Morgan fingerprint density at radius 2 is 1.90 bits per heavy atom. The van der Waals surface area contributed by atoms with Crippen molar-refractivity contribution < 1.29 is 27.9 Å². The number of amidine groups is 1. The molecule has 3 heterocycles. The standard InChI is InChI=1S/C30H29F3N6O3/c1-5-20(41)38-13-19-30(42)37-28-22(29(34)39(19)12-15(38)3)27(36-25-14(2)10-11-35-26(25)16(4)40)23(32)21(24(28)33)17-8-6-7-9-18(17)31/h5-11,15-16,19,34,36,40H,1,12-13H2,2-4H3,(H,37,42). The number of hydrogen-bond acceptors (Lipinski definition) is 6. The Bertz CT molecular complexity index is 1640. The van der Waals surface area contributed by atoms with Crippen LogP contribution in [0.4, 0.5) is 30.2 Å². The van der Waals surface area contributed by atoms with Gasteiger partial charge >= 0.3 is 0 Å². The maximum atomic E-state index is 16.6. The van der Waals surface area contributed by atoms with Gasteiger partial charge in [-0.1, -0.05) is 24.8 Å². The van der Waals surface area contributed by atoms with E-state index in [4.69, 9.17) is 5.41 Å². The molecule has 2 aromatic carbocycles. The number of anilines is 3. The number of aromatic nitrogens is 1. The second-order valence-corrected chi connectivity index (χ2v) is 10.3. The summed E-state index contributed by atoms with van der Waals surface area (Å²) in [5.41, 5.74) is -1.46. The van der Waals surface area contributed by atoms with E-state index in [1.165, 1.54) is 41.1 Å². The van der Waals surface area contributed by atoms with E-state index in [1.807, 2.05) is 0 Å². The molecule has 0 saturated carbocycles. The molecule has 0 radical (unpaired) electrons. The van der Waals surface area contributed by atoms with Gasteiger partial charge in [0, 0.05) is 24.3 Å². The van der Waals surface area contributed by atoms with E-state index >= 15 is 8.78 Å². The Labute approximate surface area is 240 Å². The quantitative estimate of drug-likeness (QED) is 0.328. The fraction of sp³-hybridized carbons (Fsp3) is 0.267. The number of aliphatic hydroxyl groups is 1. The van der Waals surface area contributed by atoms with Gasteiger partial charge in [-0.2, -0.15) is 0 Å². The number of halogens is 3. The average Bonchev–Trinajstić information content (AvgIpc) is 3.06. The van der Waals surface area contributed by atoms with Gasteiger partial charge in [-0.3, -0.25) is 20.0 Å². The van der Waals surface area contributed by atoms with Crippen molar-refractivity contribution in [1.29, 1.82) is 5.41 Å². The largest absolute Gasteiger partial charge is 0.387 e. The van der Waals surface area contributed by atoms with E-state index in [1.54, 1.807) is 19.9 Å². The SMILES string of the molecule is C=CC(=O)N1CC2C(=O)Nc3c(F)c(-c4ccccc4F)c(F)c(Nc4c(C)ccnc4C(C)O)c3C(=N)N2CC1C. The number of fused-ring (bicyclic) bond motifs is 2. The lowest BCUT2D eigenvalue weighted by molar-refractivity contribution is -0.133. The minimum absolute atomic E-state index is 0.0124. The van der Waals surface area contributed by atoms with Gasteiger partial charge in [-0.25, -0.2) is 13.2 Å². The van der Waals surface area contributed by atoms with Crippen LogP contribution in [-0.4, -0.2) is 62.7 Å². The zero-order valence-corrected chi connectivity index (χ0v) is 23.1. The predicted octanol–water partition coefficient (Wildman–Crippen LogP) is 4.64. The van der Waals surface area contributed by atoms with Crippen molar-refractivity contribution in [2.45, 2.75) is 39.0 Å². The minimum Gasteiger partial charge on any atom is -0.387 e. The van der Waals surface area contributed by atoms with Gasteiger partial charge in [0.1, 0.15) is 17.7 Å². The van der Waals surface area contributed by atoms with Crippen molar-refractivity contribution in [3.63, 3.8) is 0 Å². The Morgan fingerprint density at radius 1 is 1.19 bits per heavy atom. The molecule has 218 valence electrons. The highest BCUT2D eigenvalue weighted by atomic mass is 19.1. The number of rotatable bonds is 5. The molecule has 1 saturated heterocycles. The number of piperazine rings is 1. The molecule has 1 aromatic heterocycles. The molecular weight excluding hydrogens is 549 g/mol. The van der Waals surface area contributed by atoms with Crippen LogP contribution in [0.15, 0.2) is 49.2 Å². The molecule has 3 unspecified atom stereocenters. The van der Waals surface area contributed by atoms with Crippen molar-refractivity contribution in [3.05, 3.63) is 83.5 Å². The van der Waals surface area contributed by atoms with E-state index in [9.17, 15) is 19.1 Å². The van der Waals surface area contributed by atoms with Gasteiger partial charge in [0.15, 0.2) is 11.6 Å². The van der Waals surface area contributed by atoms with Gasteiger partial charge in [0.2, 0.25) is 11.8 Å². The number of benzene rings is 2. The number of hydrogen-bond donors (Lipinski definition) is 4. The summed E-state index contributed by atoms with van der Waals surface area (Å²) in [7, 11) is 0. The summed E-state index contributed by atoms with van der Waals surface area (Å²) in [5, 5.41) is 24.9. The molecule has 3 atom stereocenters. The maximum absolute atomic E-state index is 16.6. The van der Waals surface area contributed by atoms with Crippen LogP contribution in [0.25, 0.3) is 11.1 Å². The summed E-state index contributed by atoms with van der Waals surface area (Å²) in [6, 6.07) is 5.09. The van der Waals surface area contributed by atoms with Crippen LogP contribution in [-0.2, 0) is 9.59 Å². The van der Waals surface area contributed by atoms with Crippen LogP contribution in [0, 0.1) is 29.8 Å². The first kappa shape index (κ1) is 28.8. The van der Waals surface area contributed by atoms with E-state index < -0.39 is 70.0 Å². The Morgan fingerprint density at radius 3 is 2.57 bits per heavy atom. The predicted molar refractivity (Wildman–Crippen MR) is 152 cm³/mol. The van der Waals surface area contributed by atoms with Crippen molar-refractivity contribution in [2.24, 2.45) is 0 Å². The third-order valence-electron chi connectivity index (χ3n) is 7.63. The smallest absolute Gasteiger partial charge is 0.249 e. The van der Waals surface area contributed by atoms with Crippen molar-refractivity contribution in [3.8, 4) is 11.1 Å². The molecule has 2 aliphatic heterocycles. The van der Waals surface area contributed by atoms with E-state index in [0.717, 1.165) is 12.1 Å². The van der Waals surface area contributed by atoms with Gasteiger partial charge < -0.3 is 25.5 Å². The summed E-state index contributed by atoms with van der Waals surface area (Å²) in [4.78, 5) is 33.0. The molecule has 0 bridgehead atoms. The van der Waals surface area contributed by atoms with E-state index in [-0.39, 0.29) is 35.9 Å². The molecule has 12 heteroatoms. The molecule has 5 rings (SSSR count). The zero-order chi connectivity index (χ0) is 30.5. The number of pyridine rings is 1. The summed E-state index contributed by atoms with van der Waals surface area (Å²) in [6.07, 6.45) is 1.50. The third-order valence-corrected chi connectivity index (χ3v) is 7.63. The van der Waals surface area contributed by atoms with Gasteiger partial charge in [0.25, 0.3) is 0 Å². The second-order valence-electron chi connectivity index (χ2n) is 10.3. The van der Waals surface area contributed by atoms with Crippen molar-refractivity contribution in [2.75, 3.05) is 23.7 Å². The topological polar surface area (TPSA) is 122 Å². The number of carbonyl (C=O) groups is 2. The number of aliphatic hydroxyl groups excluding tert-OH is 1. The van der Waals surface area contributed by atoms with Crippen LogP contribution >= 0.6 is 0 Å². The normalized spacial score (nSPS) is 18.9. The van der Waals surface area contributed by atoms with Gasteiger partial charge in [0.05, 0.1) is 46.5 Å². The zero-order valence-electron chi connectivity index (χ0n) is 23.1. The lowest BCUT2D eigenvalue weighted by atomic mass is 9.96. The first-order chi connectivity index (χ1) is 20.0. The summed E-state index contributed by atoms with van der Waals surface area (Å²) in [5.74, 6) is -4.90. The van der Waals surface area contributed by atoms with Crippen molar-refractivity contribution in [1.82, 2.24) is 14.8 Å². The lowest BCUT2D eigenvalue weighted by Gasteiger charge is -2.44. The number of nitrogens with one attached hydrogen (secondary N) is 3. The third kappa shape index (κ3) is 4.67. The van der Waals surface area contributed by atoms with Crippen molar-refractivity contribution >= 4 is 34.7 Å². The first-order valence-corrected chi connectivity index (χ1v) is 13.3. The summed E-state index contributed by atoms with van der Waals surface area (Å²) >= 11 is 0. The Balaban J connectivity index is 1.78. The van der Waals surface area contributed by atoms with Crippen LogP contribution in [0.1, 0.15) is 36.8 Å². The molecule has 4 N–H and O–H groups in total. The van der Waals surface area contributed by atoms with Crippen LogP contribution in [0.2, 0.25) is 0 Å². The van der Waals surface area contributed by atoms with Gasteiger partial charge in [-0.05, 0) is 44.5 Å². The molecule has 1 fully saturated rings. The monoisotopic (exact) mass is 578 g/mol. The van der Waals surface area contributed by atoms with E-state index in [2.05, 4.69) is 22.2 Å². The minimum atomic E-state index is -1.26. The highest BCUT2D eigenvalue weighted by Crippen LogP contribution is 2.44. The van der Waals surface area contributed by atoms with Crippen LogP contribution < -0.4 is 10.6 Å². The lowest BCUT2D eigenvalue weighted by Crippen LogP contribution is -2.62. The summed E-state index contributed by atoms with van der Waals surface area (Å²) < 4.78 is 47.9. The molecule has 42 heavy (non-hydrogen) atoms. The fourth-order valence-corrected chi connectivity index (χ4v) is 5.47. The first-order valence-electron chi connectivity index (χ1n) is 13.3. The molecule has 2 aliphatic rings. The average molecular weight is 579 g/mol. The number of aryl methyl sites for hydroxylation is 1. The highest BCUT2D eigenvalue weighted by molar-refractivity contribution is 6.15. The second kappa shape index (κ2) is 10.9.